The number of hydrogen-bond donors (Lipinski definition) is 3. The fourth-order valence-electron chi connectivity index (χ4n) is 2.80. The molecule has 0 spiro atoms. The van der Waals surface area contributed by atoms with Crippen molar-refractivity contribution < 1.29 is 9.90 Å². The number of rotatable bonds is 7. The standard InChI is InChI=1S/C19H28N4O2/c1-13(2)12-23-6-5-20-18(23)11-22-19(25)21-10-17(24)16-8-14(3)7-15(4)9-16/h5-9,13,17,24H,10-12H2,1-4H3,(H2,21,22,25)/t17-/m0/s1. The molecule has 0 fully saturated rings. The number of aliphatic hydroxyl groups is 1. The van der Waals surface area contributed by atoms with Crippen LogP contribution in [0.1, 0.15) is 42.5 Å². The van der Waals surface area contributed by atoms with E-state index in [4.69, 9.17) is 0 Å². The Kier molecular flexibility index (Phi) is 6.58. The first-order valence-electron chi connectivity index (χ1n) is 8.63. The molecule has 6 nitrogen and oxygen atoms in total. The minimum atomic E-state index is -0.729. The minimum absolute atomic E-state index is 0.162. The van der Waals surface area contributed by atoms with Crippen LogP contribution in [0.4, 0.5) is 4.79 Å². The molecule has 136 valence electrons. The number of aromatic nitrogens is 2. The molecule has 2 rings (SSSR count). The first-order valence-corrected chi connectivity index (χ1v) is 8.63. The third kappa shape index (κ3) is 5.90. The number of benzene rings is 1. The summed E-state index contributed by atoms with van der Waals surface area (Å²) in [5, 5.41) is 15.7. The Morgan fingerprint density at radius 1 is 1.20 bits per heavy atom. The molecule has 0 aliphatic rings. The van der Waals surface area contributed by atoms with Crippen molar-refractivity contribution in [2.75, 3.05) is 6.54 Å². The molecule has 2 aromatic rings. The van der Waals surface area contributed by atoms with Gasteiger partial charge in [-0.2, -0.15) is 0 Å². The second-order valence-corrected chi connectivity index (χ2v) is 6.89. The Balaban J connectivity index is 1.81. The maximum atomic E-state index is 12.0. The van der Waals surface area contributed by atoms with Crippen LogP contribution in [0.25, 0.3) is 0 Å². The number of aryl methyl sites for hydroxylation is 2. The first-order chi connectivity index (χ1) is 11.8. The van der Waals surface area contributed by atoms with E-state index in [-0.39, 0.29) is 12.6 Å². The Hall–Kier alpha value is -2.34. The molecule has 2 amide bonds. The number of amides is 2. The molecule has 0 aliphatic heterocycles. The van der Waals surface area contributed by atoms with Crippen LogP contribution >= 0.6 is 0 Å². The van der Waals surface area contributed by atoms with Crippen LogP contribution in [-0.4, -0.2) is 27.2 Å². The lowest BCUT2D eigenvalue weighted by molar-refractivity contribution is 0.173. The summed E-state index contributed by atoms with van der Waals surface area (Å²) in [5.41, 5.74) is 3.00. The molecule has 1 aromatic carbocycles. The van der Waals surface area contributed by atoms with Crippen LogP contribution in [0, 0.1) is 19.8 Å². The van der Waals surface area contributed by atoms with Crippen LogP contribution in [0.15, 0.2) is 30.6 Å². The molecule has 25 heavy (non-hydrogen) atoms. The van der Waals surface area contributed by atoms with Gasteiger partial charge >= 0.3 is 6.03 Å². The van der Waals surface area contributed by atoms with Crippen LogP contribution in [-0.2, 0) is 13.1 Å². The number of nitrogens with zero attached hydrogens (tertiary/aromatic N) is 2. The Morgan fingerprint density at radius 2 is 1.88 bits per heavy atom. The highest BCUT2D eigenvalue weighted by molar-refractivity contribution is 5.73. The summed E-state index contributed by atoms with van der Waals surface area (Å²) in [7, 11) is 0. The molecule has 1 atom stereocenters. The predicted octanol–water partition coefficient (Wildman–Crippen LogP) is 2.69. The Bertz CT molecular complexity index is 689. The average molecular weight is 344 g/mol. The summed E-state index contributed by atoms with van der Waals surface area (Å²) in [5.74, 6) is 1.33. The molecule has 1 heterocycles. The highest BCUT2D eigenvalue weighted by Crippen LogP contribution is 2.16. The van der Waals surface area contributed by atoms with E-state index in [9.17, 15) is 9.90 Å². The number of imidazole rings is 1. The van der Waals surface area contributed by atoms with E-state index in [1.54, 1.807) is 6.20 Å². The van der Waals surface area contributed by atoms with Gasteiger partial charge in [0, 0.05) is 25.5 Å². The third-order valence-electron chi connectivity index (χ3n) is 3.86. The number of carbonyl (C=O) groups is 1. The largest absolute Gasteiger partial charge is 0.387 e. The summed E-state index contributed by atoms with van der Waals surface area (Å²) in [6.45, 7) is 9.63. The second kappa shape index (κ2) is 8.67. The second-order valence-electron chi connectivity index (χ2n) is 6.89. The fourth-order valence-corrected chi connectivity index (χ4v) is 2.80. The van der Waals surface area contributed by atoms with Gasteiger partial charge in [-0.1, -0.05) is 43.2 Å². The third-order valence-corrected chi connectivity index (χ3v) is 3.86. The Labute approximate surface area is 149 Å². The topological polar surface area (TPSA) is 79.2 Å². The van der Waals surface area contributed by atoms with Crippen molar-refractivity contribution in [1.82, 2.24) is 20.2 Å². The van der Waals surface area contributed by atoms with Gasteiger partial charge in [-0.25, -0.2) is 9.78 Å². The smallest absolute Gasteiger partial charge is 0.315 e. The SMILES string of the molecule is Cc1cc(C)cc([C@@H](O)CNC(=O)NCc2nccn2CC(C)C)c1. The van der Waals surface area contributed by atoms with Crippen molar-refractivity contribution in [2.45, 2.75) is 46.9 Å². The van der Waals surface area contributed by atoms with Crippen molar-refractivity contribution in [3.05, 3.63) is 53.1 Å². The van der Waals surface area contributed by atoms with Gasteiger partial charge in [0.2, 0.25) is 0 Å². The Morgan fingerprint density at radius 3 is 2.52 bits per heavy atom. The van der Waals surface area contributed by atoms with Gasteiger partial charge in [0.25, 0.3) is 0 Å². The number of aliphatic hydroxyl groups excluding tert-OH is 1. The summed E-state index contributed by atoms with van der Waals surface area (Å²) in [6.07, 6.45) is 2.92. The van der Waals surface area contributed by atoms with E-state index in [0.29, 0.717) is 12.5 Å². The molecular formula is C19H28N4O2. The van der Waals surface area contributed by atoms with Crippen LogP contribution < -0.4 is 10.6 Å². The number of nitrogens with one attached hydrogen (secondary N) is 2. The summed E-state index contributed by atoms with van der Waals surface area (Å²) >= 11 is 0. The van der Waals surface area contributed by atoms with Gasteiger partial charge in [-0.05, 0) is 25.3 Å². The molecule has 0 bridgehead atoms. The van der Waals surface area contributed by atoms with Crippen molar-refractivity contribution >= 4 is 6.03 Å². The average Bonchev–Trinajstić information content (AvgIpc) is 2.96. The maximum Gasteiger partial charge on any atom is 0.315 e. The highest BCUT2D eigenvalue weighted by atomic mass is 16.3. The van der Waals surface area contributed by atoms with Crippen molar-refractivity contribution in [2.24, 2.45) is 5.92 Å². The van der Waals surface area contributed by atoms with E-state index < -0.39 is 6.10 Å². The fraction of sp³-hybridized carbons (Fsp3) is 0.474. The zero-order chi connectivity index (χ0) is 18.4. The predicted molar refractivity (Wildman–Crippen MR) is 98.2 cm³/mol. The highest BCUT2D eigenvalue weighted by Gasteiger charge is 2.11. The molecule has 1 aromatic heterocycles. The molecule has 0 radical (unpaired) electrons. The van der Waals surface area contributed by atoms with E-state index in [2.05, 4.69) is 35.5 Å². The minimum Gasteiger partial charge on any atom is -0.387 e. The monoisotopic (exact) mass is 344 g/mol. The van der Waals surface area contributed by atoms with Crippen LogP contribution in [0.3, 0.4) is 0 Å². The lowest BCUT2D eigenvalue weighted by Crippen LogP contribution is -2.38. The van der Waals surface area contributed by atoms with Crippen molar-refractivity contribution in [3.63, 3.8) is 0 Å². The first kappa shape index (κ1) is 19.0. The molecule has 0 saturated carbocycles. The van der Waals surface area contributed by atoms with E-state index in [0.717, 1.165) is 29.1 Å². The summed E-state index contributed by atoms with van der Waals surface area (Å²) in [4.78, 5) is 16.2. The van der Waals surface area contributed by atoms with Gasteiger partial charge in [0.1, 0.15) is 5.82 Å². The molecule has 3 N–H and O–H groups in total. The zero-order valence-electron chi connectivity index (χ0n) is 15.4. The quantitative estimate of drug-likeness (QED) is 0.722. The van der Waals surface area contributed by atoms with E-state index in [1.807, 2.05) is 36.7 Å². The molecule has 0 aliphatic carbocycles. The van der Waals surface area contributed by atoms with Gasteiger partial charge in [-0.3, -0.25) is 0 Å². The summed E-state index contributed by atoms with van der Waals surface area (Å²) in [6, 6.07) is 5.60. The molecule has 0 saturated heterocycles. The van der Waals surface area contributed by atoms with E-state index in [1.165, 1.54) is 0 Å². The molecule has 6 heteroatoms. The maximum absolute atomic E-state index is 12.0. The van der Waals surface area contributed by atoms with E-state index >= 15 is 0 Å². The van der Waals surface area contributed by atoms with Crippen molar-refractivity contribution in [3.8, 4) is 0 Å². The van der Waals surface area contributed by atoms with Crippen LogP contribution in [0.5, 0.6) is 0 Å². The molecule has 0 unspecified atom stereocenters. The summed E-state index contributed by atoms with van der Waals surface area (Å²) < 4.78 is 2.04. The number of urea groups is 1. The van der Waals surface area contributed by atoms with Crippen molar-refractivity contribution in [1.29, 1.82) is 0 Å². The zero-order valence-corrected chi connectivity index (χ0v) is 15.4. The van der Waals surface area contributed by atoms with Crippen LogP contribution in [0.2, 0.25) is 0 Å². The van der Waals surface area contributed by atoms with Gasteiger partial charge < -0.3 is 20.3 Å². The van der Waals surface area contributed by atoms with Gasteiger partial charge in [0.05, 0.1) is 12.6 Å². The number of hydrogen-bond acceptors (Lipinski definition) is 3. The lowest BCUT2D eigenvalue weighted by atomic mass is 10.0. The lowest BCUT2D eigenvalue weighted by Gasteiger charge is -2.15. The van der Waals surface area contributed by atoms with Gasteiger partial charge in [-0.15, -0.1) is 0 Å². The molecular weight excluding hydrogens is 316 g/mol. The number of carbonyl (C=O) groups excluding carboxylic acids is 1. The van der Waals surface area contributed by atoms with Gasteiger partial charge in [0.15, 0.2) is 0 Å². The normalized spacial score (nSPS) is 12.2.